The Morgan fingerprint density at radius 1 is 0.404 bits per heavy atom. The lowest BCUT2D eigenvalue weighted by Gasteiger charge is -2.13. The summed E-state index contributed by atoms with van der Waals surface area (Å²) >= 11 is 1.87. The van der Waals surface area contributed by atoms with E-state index in [9.17, 15) is 0 Å². The molecule has 0 fully saturated rings. The molecular formula is C47H28N4S. The number of thiophene rings is 1. The van der Waals surface area contributed by atoms with Crippen LogP contribution in [0.5, 0.6) is 0 Å². The van der Waals surface area contributed by atoms with E-state index in [1.807, 2.05) is 47.7 Å². The smallest absolute Gasteiger partial charge is 0.238 e. The number of aromatic nitrogens is 4. The van der Waals surface area contributed by atoms with E-state index in [0.29, 0.717) is 17.6 Å². The molecule has 0 atom stereocenters. The third-order valence-electron chi connectivity index (χ3n) is 10.2. The van der Waals surface area contributed by atoms with Crippen molar-refractivity contribution >= 4 is 74.9 Å². The Balaban J connectivity index is 1.32. The molecule has 0 N–H and O–H groups in total. The molecule has 0 amide bonds. The number of benzene rings is 8. The Labute approximate surface area is 302 Å². The predicted octanol–water partition coefficient (Wildman–Crippen LogP) is 12.6. The summed E-state index contributed by atoms with van der Waals surface area (Å²) in [5.41, 5.74) is 6.34. The van der Waals surface area contributed by atoms with Crippen LogP contribution in [0.4, 0.5) is 0 Å². The third-order valence-corrected chi connectivity index (χ3v) is 11.4. The second-order valence-corrected chi connectivity index (χ2v) is 14.3. The van der Waals surface area contributed by atoms with E-state index in [0.717, 1.165) is 27.7 Å². The zero-order valence-electron chi connectivity index (χ0n) is 27.9. The zero-order valence-corrected chi connectivity index (χ0v) is 28.7. The van der Waals surface area contributed by atoms with Gasteiger partial charge in [0.05, 0.1) is 11.0 Å². The first-order valence-corrected chi connectivity index (χ1v) is 18.3. The fourth-order valence-corrected chi connectivity index (χ4v) is 9.07. The fraction of sp³-hybridized carbons (Fsp3) is 0. The summed E-state index contributed by atoms with van der Waals surface area (Å²) in [7, 11) is 0. The molecule has 5 heteroatoms. The van der Waals surface area contributed by atoms with Gasteiger partial charge in [-0.3, -0.25) is 4.57 Å². The lowest BCUT2D eigenvalue weighted by atomic mass is 9.98. The number of nitrogens with zero attached hydrogens (tertiary/aromatic N) is 4. The average Bonchev–Trinajstić information content (AvgIpc) is 3.77. The molecule has 0 aliphatic carbocycles. The Morgan fingerprint density at radius 3 is 1.75 bits per heavy atom. The van der Waals surface area contributed by atoms with Crippen LogP contribution in [0, 0.1) is 0 Å². The van der Waals surface area contributed by atoms with Crippen LogP contribution < -0.4 is 0 Å². The third kappa shape index (κ3) is 4.43. The molecule has 11 aromatic rings. The second-order valence-electron chi connectivity index (χ2n) is 13.2. The van der Waals surface area contributed by atoms with Gasteiger partial charge in [0.2, 0.25) is 5.95 Å². The van der Waals surface area contributed by atoms with Gasteiger partial charge in [0.1, 0.15) is 0 Å². The quantitative estimate of drug-likeness (QED) is 0.186. The van der Waals surface area contributed by atoms with Crippen molar-refractivity contribution in [1.29, 1.82) is 0 Å². The first kappa shape index (κ1) is 29.1. The number of fused-ring (bicyclic) bond motifs is 11. The van der Waals surface area contributed by atoms with E-state index in [1.54, 1.807) is 0 Å². The maximum Gasteiger partial charge on any atom is 0.238 e. The summed E-state index contributed by atoms with van der Waals surface area (Å²) in [6, 6.07) is 60.1. The van der Waals surface area contributed by atoms with E-state index in [-0.39, 0.29) is 0 Å². The van der Waals surface area contributed by atoms with Gasteiger partial charge in [0.15, 0.2) is 11.6 Å². The highest BCUT2D eigenvalue weighted by molar-refractivity contribution is 7.27. The minimum atomic E-state index is 0.590. The van der Waals surface area contributed by atoms with Gasteiger partial charge in [-0.1, -0.05) is 152 Å². The first-order valence-electron chi connectivity index (χ1n) is 17.5. The summed E-state index contributed by atoms with van der Waals surface area (Å²) < 4.78 is 4.87. The molecule has 0 unspecified atom stereocenters. The molecule has 0 saturated heterocycles. The van der Waals surface area contributed by atoms with Crippen LogP contribution in [-0.4, -0.2) is 19.5 Å². The monoisotopic (exact) mass is 680 g/mol. The highest BCUT2D eigenvalue weighted by Crippen LogP contribution is 2.48. The summed E-state index contributed by atoms with van der Waals surface area (Å²) in [4.78, 5) is 15.6. The van der Waals surface area contributed by atoms with Crippen LogP contribution >= 0.6 is 11.3 Å². The summed E-state index contributed by atoms with van der Waals surface area (Å²) in [5.74, 6) is 1.86. The molecular weight excluding hydrogens is 653 g/mol. The molecule has 8 aromatic carbocycles. The predicted molar refractivity (Wildman–Crippen MR) is 218 cm³/mol. The molecule has 0 saturated carbocycles. The Hall–Kier alpha value is -6.69. The van der Waals surface area contributed by atoms with Crippen molar-refractivity contribution in [1.82, 2.24) is 19.5 Å². The zero-order chi connectivity index (χ0) is 34.2. The molecule has 0 aliphatic rings. The summed E-state index contributed by atoms with van der Waals surface area (Å²) in [5, 5.41) is 9.77. The topological polar surface area (TPSA) is 43.6 Å². The fourth-order valence-electron chi connectivity index (χ4n) is 7.82. The highest BCUT2D eigenvalue weighted by atomic mass is 32.1. The van der Waals surface area contributed by atoms with Gasteiger partial charge < -0.3 is 0 Å². The van der Waals surface area contributed by atoms with Crippen LogP contribution in [0.25, 0.3) is 103 Å². The van der Waals surface area contributed by atoms with E-state index < -0.39 is 0 Å². The first-order chi connectivity index (χ1) is 25.8. The molecule has 11 rings (SSSR count). The van der Waals surface area contributed by atoms with Crippen LogP contribution in [0.15, 0.2) is 170 Å². The van der Waals surface area contributed by atoms with Gasteiger partial charge in [-0.15, -0.1) is 11.3 Å². The van der Waals surface area contributed by atoms with Gasteiger partial charge in [-0.25, -0.2) is 4.98 Å². The molecule has 4 nitrogen and oxygen atoms in total. The van der Waals surface area contributed by atoms with E-state index >= 15 is 0 Å². The minimum Gasteiger partial charge on any atom is -0.277 e. The Morgan fingerprint density at radius 2 is 1.00 bits per heavy atom. The van der Waals surface area contributed by atoms with Crippen molar-refractivity contribution in [2.75, 3.05) is 0 Å². The van der Waals surface area contributed by atoms with Gasteiger partial charge >= 0.3 is 0 Å². The van der Waals surface area contributed by atoms with E-state index in [2.05, 4.69) is 138 Å². The van der Waals surface area contributed by atoms with Crippen molar-refractivity contribution in [3.8, 4) is 39.9 Å². The minimum absolute atomic E-state index is 0.590. The van der Waals surface area contributed by atoms with Crippen LogP contribution in [0.3, 0.4) is 0 Å². The maximum absolute atomic E-state index is 5.30. The van der Waals surface area contributed by atoms with Crippen molar-refractivity contribution < 1.29 is 0 Å². The van der Waals surface area contributed by atoms with Crippen LogP contribution in [-0.2, 0) is 0 Å². The van der Waals surface area contributed by atoms with Gasteiger partial charge in [0, 0.05) is 52.8 Å². The van der Waals surface area contributed by atoms with E-state index in [4.69, 9.17) is 15.0 Å². The standard InChI is InChI=1S/C47H28N4S/c1-3-14-30(15-4-1)45-48-46(31-16-5-2-6-17-31)50-47(49-45)51-39-28-34(33-24-23-29-13-7-8-18-32(29)27-33)25-26-37(39)41-42-38-21-11-12-22-40(38)52-44(42)36-20-10-9-19-35(36)43(41)51/h1-28H. The Bertz CT molecular complexity index is 3120. The average molecular weight is 681 g/mol. The maximum atomic E-state index is 5.30. The molecule has 242 valence electrons. The molecule has 3 heterocycles. The van der Waals surface area contributed by atoms with Crippen LogP contribution in [0.1, 0.15) is 0 Å². The lowest BCUT2D eigenvalue weighted by Crippen LogP contribution is -2.06. The van der Waals surface area contributed by atoms with Crippen molar-refractivity contribution in [2.45, 2.75) is 0 Å². The van der Waals surface area contributed by atoms with E-state index in [1.165, 1.54) is 58.1 Å². The summed E-state index contributed by atoms with van der Waals surface area (Å²) in [6.07, 6.45) is 0. The molecule has 0 bridgehead atoms. The molecule has 0 aliphatic heterocycles. The van der Waals surface area contributed by atoms with Gasteiger partial charge in [-0.2, -0.15) is 9.97 Å². The number of hydrogen-bond acceptors (Lipinski definition) is 4. The largest absolute Gasteiger partial charge is 0.277 e. The van der Waals surface area contributed by atoms with Gasteiger partial charge in [0.25, 0.3) is 0 Å². The van der Waals surface area contributed by atoms with Crippen molar-refractivity contribution in [2.24, 2.45) is 0 Å². The van der Waals surface area contributed by atoms with Crippen molar-refractivity contribution in [3.63, 3.8) is 0 Å². The molecule has 0 radical (unpaired) electrons. The lowest BCUT2D eigenvalue weighted by molar-refractivity contribution is 0.955. The molecule has 52 heavy (non-hydrogen) atoms. The molecule has 3 aromatic heterocycles. The molecule has 0 spiro atoms. The van der Waals surface area contributed by atoms with Crippen LogP contribution in [0.2, 0.25) is 0 Å². The Kier molecular flexibility index (Phi) is 6.39. The van der Waals surface area contributed by atoms with Crippen molar-refractivity contribution in [3.05, 3.63) is 170 Å². The highest BCUT2D eigenvalue weighted by Gasteiger charge is 2.24. The summed E-state index contributed by atoms with van der Waals surface area (Å²) in [6.45, 7) is 0. The van der Waals surface area contributed by atoms with Gasteiger partial charge in [-0.05, 0) is 40.1 Å². The second kappa shape index (κ2) is 11.4. The SMILES string of the molecule is c1ccc(-c2nc(-c3ccccc3)nc(-n3c4cc(-c5ccc6ccccc6c5)ccc4c4c5c6ccccc6sc5c5ccccc5c43)n2)cc1. The number of hydrogen-bond donors (Lipinski definition) is 0. The normalized spacial score (nSPS) is 11.8. The number of rotatable bonds is 4.